The van der Waals surface area contributed by atoms with Crippen molar-refractivity contribution in [1.82, 2.24) is 4.90 Å². The molecule has 1 heterocycles. The molecule has 1 unspecified atom stereocenters. The van der Waals surface area contributed by atoms with Crippen molar-refractivity contribution in [2.45, 2.75) is 25.6 Å². The number of nitrogens with zero attached hydrogens (tertiary/aromatic N) is 1. The standard InChI is InChI=1S/C23H29NO4/c1-27-22-10-6-5-9-20(22)16-28-17-21(25)15-24-13-11-19(12-14-24)23(26)18-7-3-2-4-8-18/h2-10,19,21,25H,11-17H2,1H3. The smallest absolute Gasteiger partial charge is 0.166 e. The van der Waals surface area contributed by atoms with E-state index in [1.807, 2.05) is 54.6 Å². The lowest BCUT2D eigenvalue weighted by molar-refractivity contribution is 0.00443. The minimum absolute atomic E-state index is 0.0811. The summed E-state index contributed by atoms with van der Waals surface area (Å²) in [6.07, 6.45) is 1.13. The first-order valence-corrected chi connectivity index (χ1v) is 9.86. The molecule has 0 spiro atoms. The zero-order valence-electron chi connectivity index (χ0n) is 16.4. The van der Waals surface area contributed by atoms with E-state index in [1.54, 1.807) is 7.11 Å². The van der Waals surface area contributed by atoms with Crippen LogP contribution in [0.1, 0.15) is 28.8 Å². The van der Waals surface area contributed by atoms with Crippen molar-refractivity contribution in [3.8, 4) is 5.75 Å². The first-order chi connectivity index (χ1) is 13.7. The van der Waals surface area contributed by atoms with E-state index in [-0.39, 0.29) is 18.3 Å². The Kier molecular flexibility index (Phi) is 7.60. The van der Waals surface area contributed by atoms with Gasteiger partial charge in [0.05, 0.1) is 26.4 Å². The molecule has 2 aromatic carbocycles. The molecule has 3 rings (SSSR count). The molecule has 0 saturated carbocycles. The molecule has 150 valence electrons. The summed E-state index contributed by atoms with van der Waals surface area (Å²) in [5, 5.41) is 10.3. The summed E-state index contributed by atoms with van der Waals surface area (Å²) in [6, 6.07) is 17.2. The van der Waals surface area contributed by atoms with Crippen LogP contribution in [0.2, 0.25) is 0 Å². The van der Waals surface area contributed by atoms with Gasteiger partial charge >= 0.3 is 0 Å². The summed E-state index contributed by atoms with van der Waals surface area (Å²) in [6.45, 7) is 2.91. The maximum absolute atomic E-state index is 12.6. The van der Waals surface area contributed by atoms with Crippen LogP contribution in [0.3, 0.4) is 0 Å². The molecule has 1 aliphatic heterocycles. The third kappa shape index (κ3) is 5.64. The molecule has 1 fully saturated rings. The van der Waals surface area contributed by atoms with Gasteiger partial charge in [0.15, 0.2) is 5.78 Å². The average molecular weight is 383 g/mol. The normalized spacial score (nSPS) is 16.6. The first-order valence-electron chi connectivity index (χ1n) is 9.86. The predicted octanol–water partition coefficient (Wildman–Crippen LogP) is 3.17. The lowest BCUT2D eigenvalue weighted by atomic mass is 9.89. The van der Waals surface area contributed by atoms with Crippen molar-refractivity contribution in [3.63, 3.8) is 0 Å². The summed E-state index contributed by atoms with van der Waals surface area (Å²) < 4.78 is 11.0. The highest BCUT2D eigenvalue weighted by Gasteiger charge is 2.26. The number of ether oxygens (including phenoxy) is 2. The summed E-state index contributed by atoms with van der Waals surface area (Å²) in [7, 11) is 1.64. The summed E-state index contributed by atoms with van der Waals surface area (Å²) in [4.78, 5) is 14.8. The number of ketones is 1. The van der Waals surface area contributed by atoms with Crippen molar-refractivity contribution in [3.05, 3.63) is 65.7 Å². The highest BCUT2D eigenvalue weighted by atomic mass is 16.5. The molecule has 0 bridgehead atoms. The second-order valence-corrected chi connectivity index (χ2v) is 7.29. The van der Waals surface area contributed by atoms with E-state index in [0.29, 0.717) is 13.2 Å². The zero-order valence-corrected chi connectivity index (χ0v) is 16.4. The molecule has 0 aliphatic carbocycles. The maximum atomic E-state index is 12.6. The Morgan fingerprint density at radius 1 is 1.11 bits per heavy atom. The van der Waals surface area contributed by atoms with Crippen LogP contribution in [0.5, 0.6) is 5.75 Å². The third-order valence-electron chi connectivity index (χ3n) is 5.25. The fraction of sp³-hybridized carbons (Fsp3) is 0.435. The third-order valence-corrected chi connectivity index (χ3v) is 5.25. The number of para-hydroxylation sites is 1. The Balaban J connectivity index is 1.38. The quantitative estimate of drug-likeness (QED) is 0.674. The van der Waals surface area contributed by atoms with E-state index in [2.05, 4.69) is 4.90 Å². The number of likely N-dealkylation sites (tertiary alicyclic amines) is 1. The fourth-order valence-electron chi connectivity index (χ4n) is 3.69. The molecule has 1 aliphatic rings. The number of aliphatic hydroxyl groups excluding tert-OH is 1. The highest BCUT2D eigenvalue weighted by molar-refractivity contribution is 5.97. The van der Waals surface area contributed by atoms with E-state index < -0.39 is 6.10 Å². The number of aliphatic hydroxyl groups is 1. The van der Waals surface area contributed by atoms with E-state index in [4.69, 9.17) is 9.47 Å². The number of methoxy groups -OCH3 is 1. The van der Waals surface area contributed by atoms with E-state index in [9.17, 15) is 9.90 Å². The van der Waals surface area contributed by atoms with Gasteiger partial charge < -0.3 is 19.5 Å². The lowest BCUT2D eigenvalue weighted by Crippen LogP contribution is -2.41. The van der Waals surface area contributed by atoms with Gasteiger partial charge in [-0.25, -0.2) is 0 Å². The van der Waals surface area contributed by atoms with Crippen LogP contribution in [0.15, 0.2) is 54.6 Å². The number of hydrogen-bond acceptors (Lipinski definition) is 5. The Morgan fingerprint density at radius 3 is 2.50 bits per heavy atom. The first kappa shape index (κ1) is 20.5. The Hall–Kier alpha value is -2.21. The zero-order chi connectivity index (χ0) is 19.8. The second kappa shape index (κ2) is 10.4. The van der Waals surface area contributed by atoms with Gasteiger partial charge in [-0.05, 0) is 32.0 Å². The van der Waals surface area contributed by atoms with E-state index >= 15 is 0 Å². The summed E-state index contributed by atoms with van der Waals surface area (Å²) >= 11 is 0. The molecule has 0 radical (unpaired) electrons. The van der Waals surface area contributed by atoms with Crippen molar-refractivity contribution in [2.24, 2.45) is 5.92 Å². The number of Topliss-reactive ketones (excluding diaryl/α,β-unsaturated/α-hetero) is 1. The van der Waals surface area contributed by atoms with Crippen LogP contribution >= 0.6 is 0 Å². The molecule has 1 N–H and O–H groups in total. The molecule has 0 amide bonds. The monoisotopic (exact) mass is 383 g/mol. The van der Waals surface area contributed by atoms with Crippen LogP contribution in [-0.2, 0) is 11.3 Å². The van der Waals surface area contributed by atoms with Gasteiger partial charge in [-0.2, -0.15) is 0 Å². The SMILES string of the molecule is COc1ccccc1COCC(O)CN1CCC(C(=O)c2ccccc2)CC1. The van der Waals surface area contributed by atoms with Crippen molar-refractivity contribution in [1.29, 1.82) is 0 Å². The van der Waals surface area contributed by atoms with E-state index in [0.717, 1.165) is 42.8 Å². The van der Waals surface area contributed by atoms with Gasteiger partial charge in [-0.15, -0.1) is 0 Å². The average Bonchev–Trinajstić information content (AvgIpc) is 2.75. The maximum Gasteiger partial charge on any atom is 0.166 e. The largest absolute Gasteiger partial charge is 0.496 e. The molecule has 1 saturated heterocycles. The van der Waals surface area contributed by atoms with Crippen molar-refractivity contribution >= 4 is 5.78 Å². The van der Waals surface area contributed by atoms with Crippen LogP contribution in [0.25, 0.3) is 0 Å². The number of β-amino-alcohol motifs (C(OH)–C–C–N with tert-alkyl or cyclic N) is 1. The molecule has 5 nitrogen and oxygen atoms in total. The molecule has 2 aromatic rings. The summed E-state index contributed by atoms with van der Waals surface area (Å²) in [5.74, 6) is 1.11. The number of carbonyl (C=O) groups excluding carboxylic acids is 1. The number of rotatable bonds is 9. The summed E-state index contributed by atoms with van der Waals surface area (Å²) in [5.41, 5.74) is 1.77. The minimum Gasteiger partial charge on any atom is -0.496 e. The van der Waals surface area contributed by atoms with Crippen molar-refractivity contribution < 1.29 is 19.4 Å². The number of piperidine rings is 1. The van der Waals surface area contributed by atoms with Crippen LogP contribution in [0, 0.1) is 5.92 Å². The number of benzene rings is 2. The van der Waals surface area contributed by atoms with Gasteiger partial charge in [0, 0.05) is 23.6 Å². The van der Waals surface area contributed by atoms with Crippen LogP contribution < -0.4 is 4.74 Å². The fourth-order valence-corrected chi connectivity index (χ4v) is 3.69. The second-order valence-electron chi connectivity index (χ2n) is 7.29. The van der Waals surface area contributed by atoms with E-state index in [1.165, 1.54) is 0 Å². The Morgan fingerprint density at radius 2 is 1.79 bits per heavy atom. The number of carbonyl (C=O) groups is 1. The van der Waals surface area contributed by atoms with Crippen molar-refractivity contribution in [2.75, 3.05) is 33.4 Å². The van der Waals surface area contributed by atoms with Gasteiger partial charge in [-0.3, -0.25) is 4.79 Å². The van der Waals surface area contributed by atoms with Gasteiger partial charge in [0.1, 0.15) is 5.75 Å². The van der Waals surface area contributed by atoms with Gasteiger partial charge in [-0.1, -0.05) is 48.5 Å². The Labute approximate surface area is 166 Å². The van der Waals surface area contributed by atoms with Crippen LogP contribution in [-0.4, -0.2) is 55.2 Å². The highest BCUT2D eigenvalue weighted by Crippen LogP contribution is 2.22. The lowest BCUT2D eigenvalue weighted by Gasteiger charge is -2.32. The number of hydrogen-bond donors (Lipinski definition) is 1. The topological polar surface area (TPSA) is 59.0 Å². The van der Waals surface area contributed by atoms with Gasteiger partial charge in [0.2, 0.25) is 0 Å². The Bertz CT molecular complexity index is 741. The molecular weight excluding hydrogens is 354 g/mol. The molecular formula is C23H29NO4. The predicted molar refractivity (Wildman–Crippen MR) is 109 cm³/mol. The molecule has 0 aromatic heterocycles. The molecule has 1 atom stereocenters. The minimum atomic E-state index is -0.545. The van der Waals surface area contributed by atoms with Gasteiger partial charge in [0.25, 0.3) is 0 Å². The molecule has 5 heteroatoms. The van der Waals surface area contributed by atoms with Crippen LogP contribution in [0.4, 0.5) is 0 Å². The molecule has 28 heavy (non-hydrogen) atoms.